The van der Waals surface area contributed by atoms with Crippen molar-refractivity contribution in [2.24, 2.45) is 5.73 Å². The maximum absolute atomic E-state index is 5.96. The van der Waals surface area contributed by atoms with Crippen molar-refractivity contribution in [1.29, 1.82) is 0 Å². The SMILES string of the molecule is Cc1cccc(C)c1CC(CN)c1ccc(Cl)cc1. The molecule has 2 aromatic carbocycles. The molecule has 2 N–H and O–H groups in total. The number of rotatable bonds is 4. The second-order valence-corrected chi connectivity index (χ2v) is 5.50. The van der Waals surface area contributed by atoms with E-state index in [1.54, 1.807) is 0 Å². The first-order chi connectivity index (χ1) is 9.11. The monoisotopic (exact) mass is 273 g/mol. The van der Waals surface area contributed by atoms with Crippen LogP contribution in [-0.2, 0) is 6.42 Å². The van der Waals surface area contributed by atoms with Crippen molar-refractivity contribution >= 4 is 11.6 Å². The average Bonchev–Trinajstić information content (AvgIpc) is 2.40. The predicted molar refractivity (Wildman–Crippen MR) is 82.9 cm³/mol. The lowest BCUT2D eigenvalue weighted by Gasteiger charge is -2.18. The van der Waals surface area contributed by atoms with E-state index in [0.29, 0.717) is 12.5 Å². The molecule has 0 radical (unpaired) electrons. The highest BCUT2D eigenvalue weighted by Gasteiger charge is 2.13. The zero-order valence-electron chi connectivity index (χ0n) is 11.5. The molecule has 19 heavy (non-hydrogen) atoms. The number of aryl methyl sites for hydroxylation is 2. The second-order valence-electron chi connectivity index (χ2n) is 5.06. The summed E-state index contributed by atoms with van der Waals surface area (Å²) in [6.07, 6.45) is 0.983. The minimum absolute atomic E-state index is 0.345. The van der Waals surface area contributed by atoms with E-state index in [-0.39, 0.29) is 0 Å². The summed E-state index contributed by atoms with van der Waals surface area (Å²) in [5, 5.41) is 0.770. The van der Waals surface area contributed by atoms with Gasteiger partial charge in [-0.2, -0.15) is 0 Å². The molecule has 1 unspecified atom stereocenters. The molecule has 0 aliphatic carbocycles. The topological polar surface area (TPSA) is 26.0 Å². The zero-order valence-corrected chi connectivity index (χ0v) is 12.2. The van der Waals surface area contributed by atoms with Gasteiger partial charge >= 0.3 is 0 Å². The van der Waals surface area contributed by atoms with E-state index in [9.17, 15) is 0 Å². The van der Waals surface area contributed by atoms with Gasteiger partial charge in [0.05, 0.1) is 0 Å². The fourth-order valence-electron chi connectivity index (χ4n) is 2.49. The van der Waals surface area contributed by atoms with Crippen LogP contribution in [0.25, 0.3) is 0 Å². The van der Waals surface area contributed by atoms with Crippen molar-refractivity contribution in [3.05, 3.63) is 69.7 Å². The molecule has 0 spiro atoms. The number of nitrogens with two attached hydrogens (primary N) is 1. The number of hydrogen-bond acceptors (Lipinski definition) is 1. The van der Waals surface area contributed by atoms with Crippen molar-refractivity contribution in [2.75, 3.05) is 6.54 Å². The van der Waals surface area contributed by atoms with Gasteiger partial charge in [0.25, 0.3) is 0 Å². The van der Waals surface area contributed by atoms with Crippen LogP contribution in [0.1, 0.15) is 28.2 Å². The Morgan fingerprint density at radius 1 is 1.00 bits per heavy atom. The lowest BCUT2D eigenvalue weighted by Crippen LogP contribution is -2.16. The minimum Gasteiger partial charge on any atom is -0.330 e. The minimum atomic E-state index is 0.345. The summed E-state index contributed by atoms with van der Waals surface area (Å²) in [6, 6.07) is 14.5. The molecule has 0 aliphatic rings. The number of hydrogen-bond donors (Lipinski definition) is 1. The van der Waals surface area contributed by atoms with Crippen LogP contribution in [-0.4, -0.2) is 6.54 Å². The Bertz CT molecular complexity index is 525. The van der Waals surface area contributed by atoms with Gasteiger partial charge < -0.3 is 5.73 Å². The van der Waals surface area contributed by atoms with Gasteiger partial charge in [-0.3, -0.25) is 0 Å². The van der Waals surface area contributed by atoms with E-state index >= 15 is 0 Å². The Kier molecular flexibility index (Phi) is 4.62. The van der Waals surface area contributed by atoms with Gasteiger partial charge in [-0.25, -0.2) is 0 Å². The lowest BCUT2D eigenvalue weighted by molar-refractivity contribution is 0.689. The van der Waals surface area contributed by atoms with Gasteiger partial charge in [0.15, 0.2) is 0 Å². The van der Waals surface area contributed by atoms with Gasteiger partial charge in [0.2, 0.25) is 0 Å². The van der Waals surface area contributed by atoms with Crippen LogP contribution >= 0.6 is 11.6 Å². The second kappa shape index (κ2) is 6.23. The predicted octanol–water partition coefficient (Wildman–Crippen LogP) is 4.24. The molecule has 0 amide bonds. The third kappa shape index (κ3) is 3.37. The summed E-state index contributed by atoms with van der Waals surface area (Å²) in [4.78, 5) is 0. The van der Waals surface area contributed by atoms with Crippen LogP contribution in [0.4, 0.5) is 0 Å². The van der Waals surface area contributed by atoms with Crippen LogP contribution in [0, 0.1) is 13.8 Å². The molecule has 0 aliphatic heterocycles. The molecule has 0 fully saturated rings. The van der Waals surface area contributed by atoms with E-state index < -0.39 is 0 Å². The molecular weight excluding hydrogens is 254 g/mol. The molecule has 100 valence electrons. The molecule has 0 heterocycles. The largest absolute Gasteiger partial charge is 0.330 e. The third-order valence-corrected chi connectivity index (χ3v) is 3.97. The van der Waals surface area contributed by atoms with Crippen molar-refractivity contribution in [1.82, 2.24) is 0 Å². The molecule has 2 aromatic rings. The Balaban J connectivity index is 2.26. The van der Waals surface area contributed by atoms with Gasteiger partial charge in [-0.15, -0.1) is 0 Å². The molecule has 2 heteroatoms. The molecule has 2 rings (SSSR count). The van der Waals surface area contributed by atoms with Gasteiger partial charge in [-0.1, -0.05) is 41.9 Å². The van der Waals surface area contributed by atoms with E-state index in [1.807, 2.05) is 12.1 Å². The smallest absolute Gasteiger partial charge is 0.0406 e. The van der Waals surface area contributed by atoms with Crippen LogP contribution in [0.15, 0.2) is 42.5 Å². The molecular formula is C17H20ClN. The Labute approximate surface area is 120 Å². The van der Waals surface area contributed by atoms with Crippen LogP contribution in [0.3, 0.4) is 0 Å². The molecule has 0 bridgehead atoms. The summed E-state index contributed by atoms with van der Waals surface area (Å²) in [7, 11) is 0. The first kappa shape index (κ1) is 14.1. The number of halogens is 1. The highest BCUT2D eigenvalue weighted by atomic mass is 35.5. The summed E-state index contributed by atoms with van der Waals surface area (Å²) in [5.74, 6) is 0.345. The van der Waals surface area contributed by atoms with Crippen LogP contribution < -0.4 is 5.73 Å². The average molecular weight is 274 g/mol. The van der Waals surface area contributed by atoms with Crippen molar-refractivity contribution < 1.29 is 0 Å². The summed E-state index contributed by atoms with van der Waals surface area (Å²) in [6.45, 7) is 4.98. The van der Waals surface area contributed by atoms with Crippen molar-refractivity contribution in [3.8, 4) is 0 Å². The highest BCUT2D eigenvalue weighted by Crippen LogP contribution is 2.25. The molecule has 1 nitrogen and oxygen atoms in total. The lowest BCUT2D eigenvalue weighted by atomic mass is 9.88. The van der Waals surface area contributed by atoms with Crippen molar-refractivity contribution in [2.45, 2.75) is 26.2 Å². The highest BCUT2D eigenvalue weighted by molar-refractivity contribution is 6.30. The van der Waals surface area contributed by atoms with E-state index in [4.69, 9.17) is 17.3 Å². The summed E-state index contributed by atoms with van der Waals surface area (Å²) in [5.41, 5.74) is 11.3. The third-order valence-electron chi connectivity index (χ3n) is 3.72. The standard InChI is InChI=1S/C17H20ClN/c1-12-4-3-5-13(2)17(12)10-15(11-19)14-6-8-16(18)9-7-14/h3-9,15H,10-11,19H2,1-2H3. The number of benzene rings is 2. The Morgan fingerprint density at radius 2 is 1.58 bits per heavy atom. The summed E-state index contributed by atoms with van der Waals surface area (Å²) >= 11 is 5.94. The first-order valence-electron chi connectivity index (χ1n) is 6.62. The molecule has 1 atom stereocenters. The molecule has 0 saturated carbocycles. The van der Waals surface area contributed by atoms with Crippen LogP contribution in [0.5, 0.6) is 0 Å². The van der Waals surface area contributed by atoms with Gasteiger partial charge in [0, 0.05) is 10.9 Å². The summed E-state index contributed by atoms with van der Waals surface area (Å²) < 4.78 is 0. The molecule has 0 aromatic heterocycles. The van der Waals surface area contributed by atoms with E-state index in [0.717, 1.165) is 11.4 Å². The van der Waals surface area contributed by atoms with Gasteiger partial charge in [-0.05, 0) is 61.2 Å². The van der Waals surface area contributed by atoms with Gasteiger partial charge in [0.1, 0.15) is 0 Å². The normalized spacial score (nSPS) is 12.4. The molecule has 0 saturated heterocycles. The zero-order chi connectivity index (χ0) is 13.8. The fourth-order valence-corrected chi connectivity index (χ4v) is 2.62. The maximum Gasteiger partial charge on any atom is 0.0406 e. The maximum atomic E-state index is 5.96. The Hall–Kier alpha value is -1.31. The Morgan fingerprint density at radius 3 is 2.11 bits per heavy atom. The fraction of sp³-hybridized carbons (Fsp3) is 0.294. The first-order valence-corrected chi connectivity index (χ1v) is 7.00. The van der Waals surface area contributed by atoms with E-state index in [2.05, 4.69) is 44.2 Å². The quantitative estimate of drug-likeness (QED) is 0.886. The van der Waals surface area contributed by atoms with Crippen molar-refractivity contribution in [3.63, 3.8) is 0 Å². The van der Waals surface area contributed by atoms with E-state index in [1.165, 1.54) is 22.3 Å². The van der Waals surface area contributed by atoms with Crippen LogP contribution in [0.2, 0.25) is 5.02 Å².